The van der Waals surface area contributed by atoms with Gasteiger partial charge in [-0.05, 0) is 20.8 Å². The van der Waals surface area contributed by atoms with Crippen molar-refractivity contribution in [2.24, 2.45) is 0 Å². The molecule has 0 bridgehead atoms. The van der Waals surface area contributed by atoms with Gasteiger partial charge in [0.2, 0.25) is 5.95 Å². The van der Waals surface area contributed by atoms with Crippen LogP contribution >= 0.6 is 8.18 Å². The summed E-state index contributed by atoms with van der Waals surface area (Å²) in [5.74, 6) is -0.286. The standard InChI is InChI=1S/C17H27FN7O6P/c1-5-29-14(27)8(2)24-32(28)30-6-9-11(26)17(3,18)15(31-9)25-7-21-10-12(20-4)22-16(19)23-13(10)25/h7-9,11,15,26,32H,5-6H2,1-4H3,(H,24,28)(H3,19,20,22,23)/t8-,9-,11-,15-,17-/m1/s1. The number of esters is 1. The van der Waals surface area contributed by atoms with Crippen molar-refractivity contribution in [1.82, 2.24) is 24.6 Å². The minimum absolute atomic E-state index is 0.0528. The normalized spacial score (nSPS) is 27.4. The van der Waals surface area contributed by atoms with Crippen LogP contribution < -0.4 is 16.1 Å². The van der Waals surface area contributed by atoms with Crippen LogP contribution in [0, 0.1) is 0 Å². The van der Waals surface area contributed by atoms with E-state index in [0.29, 0.717) is 11.3 Å². The Labute approximate surface area is 183 Å². The van der Waals surface area contributed by atoms with Gasteiger partial charge in [-0.15, -0.1) is 0 Å². The summed E-state index contributed by atoms with van der Waals surface area (Å²) < 4.78 is 44.7. The van der Waals surface area contributed by atoms with E-state index in [4.69, 9.17) is 19.7 Å². The topological polar surface area (TPSA) is 176 Å². The number of imidazole rings is 1. The number of nitrogens with one attached hydrogen (secondary N) is 2. The van der Waals surface area contributed by atoms with Crippen LogP contribution in [0.2, 0.25) is 0 Å². The number of fused-ring (bicyclic) bond motifs is 1. The predicted molar refractivity (Wildman–Crippen MR) is 113 cm³/mol. The summed E-state index contributed by atoms with van der Waals surface area (Å²) in [6.45, 7) is 4.08. The van der Waals surface area contributed by atoms with E-state index in [9.17, 15) is 14.5 Å². The van der Waals surface area contributed by atoms with Crippen LogP contribution in [0.25, 0.3) is 11.2 Å². The van der Waals surface area contributed by atoms with Gasteiger partial charge in [-0.3, -0.25) is 13.9 Å². The van der Waals surface area contributed by atoms with Crippen LogP contribution in [0.1, 0.15) is 27.0 Å². The van der Waals surface area contributed by atoms with Crippen molar-refractivity contribution in [3.05, 3.63) is 6.33 Å². The van der Waals surface area contributed by atoms with Crippen molar-refractivity contribution in [3.8, 4) is 0 Å². The van der Waals surface area contributed by atoms with E-state index < -0.39 is 44.3 Å². The molecule has 0 aromatic carbocycles. The highest BCUT2D eigenvalue weighted by atomic mass is 31.1. The maximum Gasteiger partial charge on any atom is 0.323 e. The summed E-state index contributed by atoms with van der Waals surface area (Å²) in [7, 11) is -1.27. The Morgan fingerprint density at radius 2 is 2.25 bits per heavy atom. The molecule has 6 atom stereocenters. The molecule has 2 aromatic heterocycles. The van der Waals surface area contributed by atoms with Crippen LogP contribution in [0.3, 0.4) is 0 Å². The summed E-state index contributed by atoms with van der Waals surface area (Å²) in [5, 5.41) is 15.8. The lowest BCUT2D eigenvalue weighted by atomic mass is 9.98. The predicted octanol–water partition coefficient (Wildman–Crippen LogP) is 0.384. The van der Waals surface area contributed by atoms with Crippen LogP contribution in [0.5, 0.6) is 0 Å². The summed E-state index contributed by atoms with van der Waals surface area (Å²) in [5.41, 5.74) is 4.03. The highest BCUT2D eigenvalue weighted by molar-refractivity contribution is 7.36. The largest absolute Gasteiger partial charge is 0.465 e. The second-order valence-electron chi connectivity index (χ2n) is 7.34. The average Bonchev–Trinajstić information content (AvgIpc) is 3.24. The Bertz CT molecular complexity index is 1010. The molecular formula is C17H27FN7O6P. The van der Waals surface area contributed by atoms with Gasteiger partial charge in [0, 0.05) is 7.05 Å². The Morgan fingerprint density at radius 3 is 2.91 bits per heavy atom. The van der Waals surface area contributed by atoms with Gasteiger partial charge in [-0.1, -0.05) is 0 Å². The lowest BCUT2D eigenvalue weighted by Gasteiger charge is -2.24. The zero-order valence-corrected chi connectivity index (χ0v) is 19.0. The van der Waals surface area contributed by atoms with Crippen molar-refractivity contribution < 1.29 is 32.9 Å². The first-order valence-electron chi connectivity index (χ1n) is 9.90. The lowest BCUT2D eigenvalue weighted by molar-refractivity contribution is -0.144. The molecular weight excluding hydrogens is 448 g/mol. The minimum atomic E-state index is -2.90. The number of aliphatic hydroxyl groups is 1. The number of nitrogens with two attached hydrogens (primary N) is 1. The molecule has 3 rings (SSSR count). The third-order valence-electron chi connectivity index (χ3n) is 5.00. The first-order valence-corrected chi connectivity index (χ1v) is 11.2. The number of hydrogen-bond acceptors (Lipinski definition) is 11. The fraction of sp³-hybridized carbons (Fsp3) is 0.647. The molecule has 1 saturated heterocycles. The number of anilines is 2. The van der Waals surface area contributed by atoms with Crippen molar-refractivity contribution >= 4 is 37.1 Å². The second-order valence-corrected chi connectivity index (χ2v) is 8.50. The minimum Gasteiger partial charge on any atom is -0.465 e. The molecule has 5 N–H and O–H groups in total. The molecule has 0 spiro atoms. The molecule has 1 aliphatic rings. The van der Waals surface area contributed by atoms with E-state index in [-0.39, 0.29) is 24.8 Å². The Balaban J connectivity index is 1.73. The van der Waals surface area contributed by atoms with E-state index in [1.807, 2.05) is 0 Å². The van der Waals surface area contributed by atoms with Crippen molar-refractivity contribution in [1.29, 1.82) is 0 Å². The van der Waals surface area contributed by atoms with Gasteiger partial charge in [0.1, 0.15) is 18.2 Å². The SMILES string of the molecule is CCOC(=O)[C@@H](C)N[PH](=O)OC[C@H]1O[C@@H](n2cnc3c(NC)nc(N)nc32)[C@](C)(F)[C@@H]1O. The number of aliphatic hydroxyl groups excluding tert-OH is 1. The lowest BCUT2D eigenvalue weighted by Crippen LogP contribution is -2.40. The fourth-order valence-corrected chi connectivity index (χ4v) is 4.20. The van der Waals surface area contributed by atoms with Gasteiger partial charge in [-0.2, -0.15) is 9.97 Å². The molecule has 0 radical (unpaired) electrons. The number of hydrogen-bond donors (Lipinski definition) is 4. The highest BCUT2D eigenvalue weighted by Crippen LogP contribution is 2.43. The van der Waals surface area contributed by atoms with Crippen molar-refractivity contribution in [3.63, 3.8) is 0 Å². The molecule has 3 heterocycles. The molecule has 32 heavy (non-hydrogen) atoms. The zero-order chi connectivity index (χ0) is 23.6. The van der Waals surface area contributed by atoms with E-state index in [1.165, 1.54) is 24.7 Å². The van der Waals surface area contributed by atoms with Crippen LogP contribution in [-0.2, 0) is 23.4 Å². The van der Waals surface area contributed by atoms with Crippen LogP contribution in [-0.4, -0.2) is 74.8 Å². The Kier molecular flexibility index (Phi) is 7.30. The summed E-state index contributed by atoms with van der Waals surface area (Å²) in [4.78, 5) is 23.9. The number of halogens is 1. The molecule has 0 saturated carbocycles. The number of rotatable bonds is 9. The molecule has 1 aliphatic heterocycles. The van der Waals surface area contributed by atoms with Crippen molar-refractivity contribution in [2.45, 2.75) is 50.9 Å². The molecule has 15 heteroatoms. The van der Waals surface area contributed by atoms with Crippen molar-refractivity contribution in [2.75, 3.05) is 31.3 Å². The highest BCUT2D eigenvalue weighted by Gasteiger charge is 2.55. The van der Waals surface area contributed by atoms with E-state index in [0.717, 1.165) is 0 Å². The molecule has 178 valence electrons. The number of ether oxygens (including phenoxy) is 2. The van der Waals surface area contributed by atoms with Gasteiger partial charge in [0.05, 0.1) is 19.5 Å². The summed E-state index contributed by atoms with van der Waals surface area (Å²) >= 11 is 0. The number of carbonyl (C=O) groups is 1. The van der Waals surface area contributed by atoms with Gasteiger partial charge in [0.15, 0.2) is 28.9 Å². The molecule has 2 aromatic rings. The Morgan fingerprint density at radius 1 is 1.53 bits per heavy atom. The molecule has 1 unspecified atom stereocenters. The number of nitrogens with zero attached hydrogens (tertiary/aromatic N) is 4. The molecule has 1 fully saturated rings. The van der Waals surface area contributed by atoms with Gasteiger partial charge >= 0.3 is 5.97 Å². The average molecular weight is 475 g/mol. The van der Waals surface area contributed by atoms with Gasteiger partial charge in [-0.25, -0.2) is 14.5 Å². The third-order valence-corrected chi connectivity index (χ3v) is 6.10. The molecule has 13 nitrogen and oxygen atoms in total. The van der Waals surface area contributed by atoms with Gasteiger partial charge in [0.25, 0.3) is 8.18 Å². The number of aromatic nitrogens is 4. The van der Waals surface area contributed by atoms with E-state index in [2.05, 4.69) is 25.4 Å². The first-order chi connectivity index (χ1) is 15.1. The first kappa shape index (κ1) is 24.3. The second kappa shape index (κ2) is 9.63. The van der Waals surface area contributed by atoms with E-state index in [1.54, 1.807) is 14.0 Å². The number of nitrogen functional groups attached to an aromatic ring is 1. The van der Waals surface area contributed by atoms with Gasteiger partial charge < -0.3 is 30.2 Å². The maximum absolute atomic E-state index is 15.5. The molecule has 0 amide bonds. The third kappa shape index (κ3) is 4.69. The number of alkyl halides is 1. The smallest absolute Gasteiger partial charge is 0.323 e. The summed E-state index contributed by atoms with van der Waals surface area (Å²) in [6.07, 6.45) is -2.76. The Hall–Kier alpha value is -2.38. The summed E-state index contributed by atoms with van der Waals surface area (Å²) in [6, 6.07) is -0.862. The van der Waals surface area contributed by atoms with E-state index >= 15 is 4.39 Å². The van der Waals surface area contributed by atoms with Crippen LogP contribution in [0.4, 0.5) is 16.2 Å². The number of carbonyl (C=O) groups excluding carboxylic acids is 1. The quantitative estimate of drug-likeness (QED) is 0.290. The fourth-order valence-electron chi connectivity index (χ4n) is 3.33. The molecule has 0 aliphatic carbocycles. The zero-order valence-electron chi connectivity index (χ0n) is 18.0. The maximum atomic E-state index is 15.5. The van der Waals surface area contributed by atoms with Crippen LogP contribution in [0.15, 0.2) is 6.33 Å². The monoisotopic (exact) mass is 475 g/mol.